The van der Waals surface area contributed by atoms with Crippen molar-refractivity contribution < 1.29 is 14.2 Å². The maximum atomic E-state index is 5.52. The fraction of sp³-hybridized carbons (Fsp3) is 0.235. The van der Waals surface area contributed by atoms with Crippen molar-refractivity contribution in [3.8, 4) is 28.6 Å². The predicted octanol–water partition coefficient (Wildman–Crippen LogP) is 6.67. The van der Waals surface area contributed by atoms with Crippen LogP contribution in [0.4, 0.5) is 11.5 Å². The molecule has 0 amide bonds. The highest BCUT2D eigenvalue weighted by atomic mass is 16.5. The predicted molar refractivity (Wildman–Crippen MR) is 163 cm³/mol. The van der Waals surface area contributed by atoms with Crippen molar-refractivity contribution >= 4 is 22.4 Å². The topological polar surface area (TPSA) is 68.7 Å². The standard InChI is InChI=1S/C34H34N4O3/c1-39-28-8-6-7-25(19-28)33-36-30-10-5-4-9-29(30)34(37-33)35-27-13-11-23(12-14-27)15-17-38-18-16-24-20-31(40-2)32(41-3)21-26(24)22-38/h4-14,19-21H,15-18,22H2,1-3H3,(H,35,36,37). The molecule has 2 heterocycles. The molecule has 7 heteroatoms. The molecule has 208 valence electrons. The molecular weight excluding hydrogens is 512 g/mol. The first kappa shape index (κ1) is 26.6. The Morgan fingerprint density at radius 2 is 1.56 bits per heavy atom. The van der Waals surface area contributed by atoms with Crippen LogP contribution in [0, 0.1) is 0 Å². The highest BCUT2D eigenvalue weighted by molar-refractivity contribution is 5.92. The molecule has 0 fully saturated rings. The fourth-order valence-corrected chi connectivity index (χ4v) is 5.37. The Labute approximate surface area is 240 Å². The first-order chi connectivity index (χ1) is 20.1. The van der Waals surface area contributed by atoms with E-state index in [1.54, 1.807) is 21.3 Å². The van der Waals surface area contributed by atoms with Crippen LogP contribution in [0.1, 0.15) is 16.7 Å². The Balaban J connectivity index is 1.15. The van der Waals surface area contributed by atoms with Gasteiger partial charge in [-0.3, -0.25) is 4.90 Å². The van der Waals surface area contributed by atoms with E-state index in [9.17, 15) is 0 Å². The van der Waals surface area contributed by atoms with Crippen molar-refractivity contribution in [2.75, 3.05) is 39.7 Å². The summed E-state index contributed by atoms with van der Waals surface area (Å²) < 4.78 is 16.4. The lowest BCUT2D eigenvalue weighted by Gasteiger charge is -2.29. The van der Waals surface area contributed by atoms with Crippen LogP contribution in [-0.4, -0.2) is 49.3 Å². The lowest BCUT2D eigenvalue weighted by Crippen LogP contribution is -2.32. The second-order valence-electron chi connectivity index (χ2n) is 10.2. The largest absolute Gasteiger partial charge is 0.497 e. The van der Waals surface area contributed by atoms with Gasteiger partial charge in [-0.15, -0.1) is 0 Å². The Morgan fingerprint density at radius 1 is 0.780 bits per heavy atom. The summed E-state index contributed by atoms with van der Waals surface area (Å²) in [5, 5.41) is 4.51. The zero-order chi connectivity index (χ0) is 28.2. The van der Waals surface area contributed by atoms with Crippen molar-refractivity contribution in [2.24, 2.45) is 0 Å². The third-order valence-corrected chi connectivity index (χ3v) is 7.66. The van der Waals surface area contributed by atoms with Gasteiger partial charge in [0.1, 0.15) is 11.6 Å². The molecule has 0 bridgehead atoms. The molecule has 0 spiro atoms. The summed E-state index contributed by atoms with van der Waals surface area (Å²) in [6, 6.07) is 28.8. The minimum Gasteiger partial charge on any atom is -0.497 e. The summed E-state index contributed by atoms with van der Waals surface area (Å²) >= 11 is 0. The van der Waals surface area contributed by atoms with E-state index in [1.807, 2.05) is 48.5 Å². The summed E-state index contributed by atoms with van der Waals surface area (Å²) in [5.41, 5.74) is 6.76. The number of fused-ring (bicyclic) bond motifs is 2. The number of hydrogen-bond donors (Lipinski definition) is 1. The summed E-state index contributed by atoms with van der Waals surface area (Å²) in [6.07, 6.45) is 2.00. The molecule has 41 heavy (non-hydrogen) atoms. The third kappa shape index (κ3) is 5.81. The number of rotatable bonds is 9. The van der Waals surface area contributed by atoms with Gasteiger partial charge in [0.15, 0.2) is 17.3 Å². The van der Waals surface area contributed by atoms with Crippen molar-refractivity contribution in [1.82, 2.24) is 14.9 Å². The molecule has 0 unspecified atom stereocenters. The van der Waals surface area contributed by atoms with Crippen molar-refractivity contribution in [2.45, 2.75) is 19.4 Å². The number of ether oxygens (including phenoxy) is 3. The molecule has 0 saturated heterocycles. The Morgan fingerprint density at radius 3 is 2.34 bits per heavy atom. The van der Waals surface area contributed by atoms with Crippen LogP contribution < -0.4 is 19.5 Å². The van der Waals surface area contributed by atoms with Gasteiger partial charge >= 0.3 is 0 Å². The minimum absolute atomic E-state index is 0.654. The van der Waals surface area contributed by atoms with Gasteiger partial charge in [0.2, 0.25) is 0 Å². The molecule has 0 atom stereocenters. The first-order valence-corrected chi connectivity index (χ1v) is 13.9. The maximum Gasteiger partial charge on any atom is 0.162 e. The molecule has 0 aliphatic carbocycles. The van der Waals surface area contributed by atoms with Crippen LogP contribution in [0.5, 0.6) is 17.2 Å². The molecule has 1 aliphatic rings. The highest BCUT2D eigenvalue weighted by Gasteiger charge is 2.19. The summed E-state index contributed by atoms with van der Waals surface area (Å²) in [7, 11) is 5.04. The van der Waals surface area contributed by atoms with E-state index in [4.69, 9.17) is 24.2 Å². The number of hydrogen-bond acceptors (Lipinski definition) is 7. The van der Waals surface area contributed by atoms with Gasteiger partial charge in [-0.25, -0.2) is 9.97 Å². The normalized spacial score (nSPS) is 13.0. The molecule has 1 aliphatic heterocycles. The number of methoxy groups -OCH3 is 3. The molecule has 4 aromatic carbocycles. The van der Waals surface area contributed by atoms with Crippen LogP contribution in [0.15, 0.2) is 84.9 Å². The van der Waals surface area contributed by atoms with Gasteiger partial charge in [-0.1, -0.05) is 36.4 Å². The fourth-order valence-electron chi connectivity index (χ4n) is 5.37. The Hall–Kier alpha value is -4.62. The summed E-state index contributed by atoms with van der Waals surface area (Å²) in [6.45, 7) is 2.96. The number of nitrogens with one attached hydrogen (secondary N) is 1. The number of aromatic nitrogens is 2. The molecule has 0 radical (unpaired) electrons. The van der Waals surface area contributed by atoms with Gasteiger partial charge in [0.25, 0.3) is 0 Å². The summed E-state index contributed by atoms with van der Waals surface area (Å²) in [5.74, 6) is 3.81. The SMILES string of the molecule is COc1cccc(-c2nc(Nc3ccc(CCN4CCc5cc(OC)c(OC)cc5C4)cc3)c3ccccc3n2)c1. The van der Waals surface area contributed by atoms with Gasteiger partial charge in [0.05, 0.1) is 26.8 Å². The first-order valence-electron chi connectivity index (χ1n) is 13.9. The number of para-hydroxylation sites is 1. The monoisotopic (exact) mass is 546 g/mol. The van der Waals surface area contributed by atoms with Crippen molar-refractivity contribution in [3.63, 3.8) is 0 Å². The smallest absolute Gasteiger partial charge is 0.162 e. The minimum atomic E-state index is 0.654. The van der Waals surface area contributed by atoms with Gasteiger partial charge in [-0.05, 0) is 78.1 Å². The second kappa shape index (κ2) is 11.9. The van der Waals surface area contributed by atoms with E-state index >= 15 is 0 Å². The van der Waals surface area contributed by atoms with E-state index in [0.29, 0.717) is 5.82 Å². The van der Waals surface area contributed by atoms with E-state index in [1.165, 1.54) is 16.7 Å². The van der Waals surface area contributed by atoms with Gasteiger partial charge in [0, 0.05) is 36.3 Å². The molecule has 0 saturated carbocycles. The van der Waals surface area contributed by atoms with E-state index < -0.39 is 0 Å². The van der Waals surface area contributed by atoms with E-state index in [0.717, 1.165) is 77.7 Å². The highest BCUT2D eigenvalue weighted by Crippen LogP contribution is 2.33. The van der Waals surface area contributed by atoms with E-state index in [2.05, 4.69) is 46.6 Å². The van der Waals surface area contributed by atoms with Crippen LogP contribution in [-0.2, 0) is 19.4 Å². The van der Waals surface area contributed by atoms with Crippen LogP contribution in [0.25, 0.3) is 22.3 Å². The Kier molecular flexibility index (Phi) is 7.69. The Bertz CT molecular complexity index is 1670. The van der Waals surface area contributed by atoms with Gasteiger partial charge in [-0.2, -0.15) is 0 Å². The van der Waals surface area contributed by atoms with Gasteiger partial charge < -0.3 is 19.5 Å². The van der Waals surface area contributed by atoms with E-state index in [-0.39, 0.29) is 0 Å². The zero-order valence-electron chi connectivity index (χ0n) is 23.7. The third-order valence-electron chi connectivity index (χ3n) is 7.66. The quantitative estimate of drug-likeness (QED) is 0.222. The van der Waals surface area contributed by atoms with Crippen molar-refractivity contribution in [3.05, 3.63) is 102 Å². The molecule has 7 nitrogen and oxygen atoms in total. The maximum absolute atomic E-state index is 5.52. The molecule has 6 rings (SSSR count). The lowest BCUT2D eigenvalue weighted by atomic mass is 9.98. The number of anilines is 2. The number of nitrogens with zero attached hydrogens (tertiary/aromatic N) is 3. The number of benzene rings is 4. The lowest BCUT2D eigenvalue weighted by molar-refractivity contribution is 0.255. The zero-order valence-corrected chi connectivity index (χ0v) is 23.7. The van der Waals surface area contributed by atoms with Crippen LogP contribution in [0.2, 0.25) is 0 Å². The second-order valence-corrected chi connectivity index (χ2v) is 10.2. The molecule has 1 aromatic heterocycles. The van der Waals surface area contributed by atoms with Crippen molar-refractivity contribution in [1.29, 1.82) is 0 Å². The molecule has 5 aromatic rings. The summed E-state index contributed by atoms with van der Waals surface area (Å²) in [4.78, 5) is 12.2. The molecular formula is C34H34N4O3. The van der Waals surface area contributed by atoms with Crippen LogP contribution in [0.3, 0.4) is 0 Å². The average molecular weight is 547 g/mol. The average Bonchev–Trinajstić information content (AvgIpc) is 3.03. The van der Waals surface area contributed by atoms with Crippen LogP contribution >= 0.6 is 0 Å². The molecule has 1 N–H and O–H groups in total.